The van der Waals surface area contributed by atoms with Gasteiger partial charge in [-0.15, -0.1) is 0 Å². The Morgan fingerprint density at radius 1 is 1.37 bits per heavy atom. The van der Waals surface area contributed by atoms with E-state index in [9.17, 15) is 14.4 Å². The number of unbranched alkanes of at least 4 members (excludes halogenated alkanes) is 1. The number of nitrogens with zero attached hydrogens (tertiary/aromatic N) is 1. The first kappa shape index (κ1) is 17.3. The van der Waals surface area contributed by atoms with Gasteiger partial charge in [0.2, 0.25) is 5.91 Å². The molecule has 108 valence electrons. The number of hydrogen-bond donors (Lipinski definition) is 0. The predicted molar refractivity (Wildman–Crippen MR) is 68.8 cm³/mol. The van der Waals surface area contributed by atoms with Crippen LogP contribution in [0, 0.1) is 0 Å². The van der Waals surface area contributed by atoms with Crippen molar-refractivity contribution < 1.29 is 24.2 Å². The van der Waals surface area contributed by atoms with E-state index in [0.29, 0.717) is 6.54 Å². The highest BCUT2D eigenvalue weighted by Gasteiger charge is 2.22. The molecule has 0 fully saturated rings. The molecule has 0 aliphatic heterocycles. The van der Waals surface area contributed by atoms with Crippen LogP contribution in [-0.2, 0) is 24.2 Å². The maximum atomic E-state index is 11.9. The molecular formula is C13H21NO5. The van der Waals surface area contributed by atoms with Gasteiger partial charge in [0, 0.05) is 12.6 Å². The van der Waals surface area contributed by atoms with Crippen molar-refractivity contribution >= 4 is 17.7 Å². The average Bonchev–Trinajstić information content (AvgIpc) is 2.35. The monoisotopic (exact) mass is 271 g/mol. The van der Waals surface area contributed by atoms with Crippen molar-refractivity contribution in [3.8, 4) is 0 Å². The van der Waals surface area contributed by atoms with Crippen LogP contribution in [0.25, 0.3) is 0 Å². The molecule has 0 spiro atoms. The summed E-state index contributed by atoms with van der Waals surface area (Å²) in [5.41, 5.74) is 0. The van der Waals surface area contributed by atoms with Gasteiger partial charge >= 0.3 is 5.97 Å². The smallest absolute Gasteiger partial charge is 0.313 e. The summed E-state index contributed by atoms with van der Waals surface area (Å²) in [7, 11) is 0. The van der Waals surface area contributed by atoms with Gasteiger partial charge in [-0.25, -0.2) is 4.79 Å². The zero-order valence-corrected chi connectivity index (χ0v) is 11.7. The van der Waals surface area contributed by atoms with Crippen LogP contribution in [0.15, 0.2) is 12.7 Å². The molecule has 6 nitrogen and oxygen atoms in total. The summed E-state index contributed by atoms with van der Waals surface area (Å²) in [6.07, 6.45) is 1.69. The largest absolute Gasteiger partial charge is 0.365 e. The van der Waals surface area contributed by atoms with E-state index in [4.69, 9.17) is 4.89 Å². The molecule has 0 heterocycles. The van der Waals surface area contributed by atoms with Crippen LogP contribution in [0.1, 0.15) is 40.0 Å². The van der Waals surface area contributed by atoms with E-state index in [2.05, 4.69) is 11.5 Å². The van der Waals surface area contributed by atoms with Crippen LogP contribution in [0.4, 0.5) is 0 Å². The van der Waals surface area contributed by atoms with E-state index in [1.807, 2.05) is 6.92 Å². The summed E-state index contributed by atoms with van der Waals surface area (Å²) in [5.74, 6) is -1.30. The van der Waals surface area contributed by atoms with Crippen molar-refractivity contribution in [3.05, 3.63) is 12.7 Å². The van der Waals surface area contributed by atoms with Gasteiger partial charge in [-0.1, -0.05) is 19.9 Å². The van der Waals surface area contributed by atoms with Gasteiger partial charge in [-0.3, -0.25) is 14.5 Å². The third kappa shape index (κ3) is 7.35. The van der Waals surface area contributed by atoms with Crippen molar-refractivity contribution in [2.45, 2.75) is 46.3 Å². The van der Waals surface area contributed by atoms with E-state index >= 15 is 0 Å². The van der Waals surface area contributed by atoms with Gasteiger partial charge in [-0.2, -0.15) is 4.89 Å². The summed E-state index contributed by atoms with van der Waals surface area (Å²) in [4.78, 5) is 44.4. The first-order valence-corrected chi connectivity index (χ1v) is 6.21. The van der Waals surface area contributed by atoms with Gasteiger partial charge in [0.15, 0.2) is 6.23 Å². The highest BCUT2D eigenvalue weighted by molar-refractivity contribution is 5.96. The SMILES string of the molecule is C=CC(=O)OOC(C)N(CCCC)C(=O)CC(C)=O. The molecule has 1 atom stereocenters. The molecule has 0 aliphatic carbocycles. The van der Waals surface area contributed by atoms with Crippen LogP contribution >= 0.6 is 0 Å². The summed E-state index contributed by atoms with van der Waals surface area (Å²) in [5, 5.41) is 0. The molecule has 19 heavy (non-hydrogen) atoms. The Bertz CT molecular complexity index is 340. The maximum absolute atomic E-state index is 11.9. The number of rotatable bonds is 9. The first-order valence-electron chi connectivity index (χ1n) is 6.21. The zero-order chi connectivity index (χ0) is 14.8. The average molecular weight is 271 g/mol. The topological polar surface area (TPSA) is 72.9 Å². The fourth-order valence-corrected chi connectivity index (χ4v) is 1.36. The molecule has 0 N–H and O–H groups in total. The number of ketones is 1. The predicted octanol–water partition coefficient (Wildman–Crippen LogP) is 1.60. The third-order valence-corrected chi connectivity index (χ3v) is 2.35. The van der Waals surface area contributed by atoms with E-state index in [1.54, 1.807) is 6.92 Å². The van der Waals surface area contributed by atoms with Crippen molar-refractivity contribution in [1.82, 2.24) is 4.90 Å². The van der Waals surface area contributed by atoms with Crippen molar-refractivity contribution in [1.29, 1.82) is 0 Å². The highest BCUT2D eigenvalue weighted by Crippen LogP contribution is 2.07. The first-order chi connectivity index (χ1) is 8.92. The van der Waals surface area contributed by atoms with Crippen LogP contribution < -0.4 is 0 Å². The summed E-state index contributed by atoms with van der Waals surface area (Å²) >= 11 is 0. The fourth-order valence-electron chi connectivity index (χ4n) is 1.36. The third-order valence-electron chi connectivity index (χ3n) is 2.35. The lowest BCUT2D eigenvalue weighted by atomic mass is 10.2. The van der Waals surface area contributed by atoms with Crippen molar-refractivity contribution in [2.75, 3.05) is 6.54 Å². The number of carbonyl (C=O) groups excluding carboxylic acids is 3. The van der Waals surface area contributed by atoms with Gasteiger partial charge in [0.05, 0.1) is 6.42 Å². The molecule has 0 radical (unpaired) electrons. The second-order valence-electron chi connectivity index (χ2n) is 4.12. The Morgan fingerprint density at radius 2 is 2.00 bits per heavy atom. The molecule has 1 amide bonds. The molecule has 0 bridgehead atoms. The maximum Gasteiger partial charge on any atom is 0.365 e. The lowest BCUT2D eigenvalue weighted by Gasteiger charge is -2.27. The highest BCUT2D eigenvalue weighted by atomic mass is 17.2. The van der Waals surface area contributed by atoms with Gasteiger partial charge in [-0.05, 0) is 20.3 Å². The minimum atomic E-state index is -0.748. The fraction of sp³-hybridized carbons (Fsp3) is 0.615. The van der Waals surface area contributed by atoms with Crippen LogP contribution in [0.5, 0.6) is 0 Å². The zero-order valence-electron chi connectivity index (χ0n) is 11.7. The lowest BCUT2D eigenvalue weighted by Crippen LogP contribution is -2.41. The Kier molecular flexibility index (Phi) is 8.44. The standard InChI is InChI=1S/C13H21NO5/c1-5-7-8-14(12(16)9-10(3)15)11(4)18-19-13(17)6-2/h6,11H,2,5,7-9H2,1,3-4H3. The molecule has 0 aliphatic rings. The molecule has 6 heteroatoms. The molecule has 0 aromatic rings. The second-order valence-corrected chi connectivity index (χ2v) is 4.12. The van der Waals surface area contributed by atoms with Crippen LogP contribution in [0.2, 0.25) is 0 Å². The summed E-state index contributed by atoms with van der Waals surface area (Å²) in [6, 6.07) is 0. The molecule has 0 rings (SSSR count). The van der Waals surface area contributed by atoms with Crippen LogP contribution in [0.3, 0.4) is 0 Å². The number of hydrogen-bond acceptors (Lipinski definition) is 5. The molecule has 0 saturated carbocycles. The minimum Gasteiger partial charge on any atom is -0.313 e. The second kappa shape index (κ2) is 9.27. The summed E-state index contributed by atoms with van der Waals surface area (Å²) in [6.45, 7) is 8.57. The molecular weight excluding hydrogens is 250 g/mol. The van der Waals surface area contributed by atoms with Gasteiger partial charge < -0.3 is 4.90 Å². The normalized spacial score (nSPS) is 11.5. The van der Waals surface area contributed by atoms with Crippen molar-refractivity contribution in [3.63, 3.8) is 0 Å². The Balaban J connectivity index is 4.53. The number of Topliss-reactive ketones (excluding diaryl/α,β-unsaturated/α-hetero) is 1. The van der Waals surface area contributed by atoms with Crippen LogP contribution in [-0.4, -0.2) is 35.3 Å². The van der Waals surface area contributed by atoms with E-state index in [1.165, 1.54) is 11.8 Å². The number of carbonyl (C=O) groups is 3. The van der Waals surface area contributed by atoms with E-state index in [-0.39, 0.29) is 18.1 Å². The quantitative estimate of drug-likeness (QED) is 0.209. The minimum absolute atomic E-state index is 0.188. The summed E-state index contributed by atoms with van der Waals surface area (Å²) < 4.78 is 0. The molecule has 0 saturated heterocycles. The van der Waals surface area contributed by atoms with Crippen molar-refractivity contribution in [2.24, 2.45) is 0 Å². The number of amides is 1. The molecule has 0 aromatic carbocycles. The van der Waals surface area contributed by atoms with E-state index in [0.717, 1.165) is 18.9 Å². The van der Waals surface area contributed by atoms with E-state index < -0.39 is 12.2 Å². The molecule has 1 unspecified atom stereocenters. The Hall–Kier alpha value is -1.69. The van der Waals surface area contributed by atoms with Gasteiger partial charge in [0.25, 0.3) is 0 Å². The van der Waals surface area contributed by atoms with Gasteiger partial charge in [0.1, 0.15) is 5.78 Å². The Morgan fingerprint density at radius 3 is 2.47 bits per heavy atom. The lowest BCUT2D eigenvalue weighted by molar-refractivity contribution is -0.313. The Labute approximate surface area is 113 Å². The molecule has 0 aromatic heterocycles.